The van der Waals surface area contributed by atoms with Gasteiger partial charge in [-0.1, -0.05) is 0 Å². The molecule has 1 aromatic carbocycles. The number of nitrogens with one attached hydrogen (secondary N) is 3. The van der Waals surface area contributed by atoms with E-state index < -0.39 is 15.9 Å². The van der Waals surface area contributed by atoms with Crippen LogP contribution in [-0.2, 0) is 10.0 Å². The molecule has 1 saturated carbocycles. The minimum Gasteiger partial charge on any atom is -0.382 e. The second-order valence-corrected chi connectivity index (χ2v) is 7.81. The third-order valence-electron chi connectivity index (χ3n) is 4.23. The van der Waals surface area contributed by atoms with Gasteiger partial charge in [0.25, 0.3) is 0 Å². The largest absolute Gasteiger partial charge is 0.382 e. The van der Waals surface area contributed by atoms with Crippen LogP contribution in [0.1, 0.15) is 25.7 Å². The molecule has 1 heterocycles. The standard InChI is InChI=1S/C14H18F2N6O2S/c1-17-25(23,24)10-2-3-12(11(8-10)13-19-21-22-20-13)18-9-4-6-14(15,16)7-5-9/h2-3,8-9,17-18H,4-7H2,1H3,(H,19,20,21,22). The van der Waals surface area contributed by atoms with E-state index in [0.717, 1.165) is 0 Å². The number of tetrazole rings is 1. The van der Waals surface area contributed by atoms with Gasteiger partial charge in [0.1, 0.15) is 0 Å². The van der Waals surface area contributed by atoms with Crippen LogP contribution in [0.2, 0.25) is 0 Å². The first kappa shape index (κ1) is 17.7. The van der Waals surface area contributed by atoms with Gasteiger partial charge < -0.3 is 5.32 Å². The summed E-state index contributed by atoms with van der Waals surface area (Å²) >= 11 is 0. The average molecular weight is 372 g/mol. The molecule has 8 nitrogen and oxygen atoms in total. The van der Waals surface area contributed by atoms with E-state index in [1.54, 1.807) is 6.07 Å². The molecule has 3 N–H and O–H groups in total. The minimum atomic E-state index is -3.64. The molecular weight excluding hydrogens is 354 g/mol. The summed E-state index contributed by atoms with van der Waals surface area (Å²) in [5.41, 5.74) is 1.01. The smallest absolute Gasteiger partial charge is 0.248 e. The van der Waals surface area contributed by atoms with E-state index in [0.29, 0.717) is 24.1 Å². The number of hydrogen-bond acceptors (Lipinski definition) is 6. The van der Waals surface area contributed by atoms with Crippen molar-refractivity contribution in [3.8, 4) is 11.4 Å². The van der Waals surface area contributed by atoms with Gasteiger partial charge >= 0.3 is 0 Å². The number of hydrogen-bond donors (Lipinski definition) is 3. The fourth-order valence-corrected chi connectivity index (χ4v) is 3.56. The number of sulfonamides is 1. The third-order valence-corrected chi connectivity index (χ3v) is 5.65. The zero-order chi connectivity index (χ0) is 18.1. The molecule has 2 aromatic rings. The zero-order valence-corrected chi connectivity index (χ0v) is 14.3. The second-order valence-electron chi connectivity index (χ2n) is 5.92. The summed E-state index contributed by atoms with van der Waals surface area (Å²) < 4.78 is 52.9. The van der Waals surface area contributed by atoms with Crippen LogP contribution in [0.3, 0.4) is 0 Å². The van der Waals surface area contributed by atoms with Crippen molar-refractivity contribution < 1.29 is 17.2 Å². The van der Waals surface area contributed by atoms with Crippen molar-refractivity contribution >= 4 is 15.7 Å². The molecule has 0 spiro atoms. The number of rotatable bonds is 5. The van der Waals surface area contributed by atoms with Crippen LogP contribution >= 0.6 is 0 Å². The monoisotopic (exact) mass is 372 g/mol. The first-order valence-corrected chi connectivity index (χ1v) is 9.25. The Morgan fingerprint density at radius 1 is 1.28 bits per heavy atom. The average Bonchev–Trinajstić information content (AvgIpc) is 3.11. The number of nitrogens with zero attached hydrogens (tertiary/aromatic N) is 3. The Morgan fingerprint density at radius 2 is 2.00 bits per heavy atom. The molecule has 0 bridgehead atoms. The summed E-state index contributed by atoms with van der Waals surface area (Å²) in [5, 5.41) is 16.8. The molecule has 136 valence electrons. The highest BCUT2D eigenvalue weighted by Crippen LogP contribution is 2.36. The van der Waals surface area contributed by atoms with E-state index in [2.05, 4.69) is 30.7 Å². The maximum atomic E-state index is 13.3. The van der Waals surface area contributed by atoms with Crippen molar-refractivity contribution in [3.05, 3.63) is 18.2 Å². The van der Waals surface area contributed by atoms with Crippen LogP contribution in [0.4, 0.5) is 14.5 Å². The van der Waals surface area contributed by atoms with Crippen molar-refractivity contribution in [1.29, 1.82) is 0 Å². The Hall–Kier alpha value is -2.14. The van der Waals surface area contributed by atoms with Gasteiger partial charge in [0.2, 0.25) is 21.8 Å². The summed E-state index contributed by atoms with van der Waals surface area (Å²) in [6.45, 7) is 0. The molecule has 1 aliphatic carbocycles. The van der Waals surface area contributed by atoms with Crippen LogP contribution in [0.5, 0.6) is 0 Å². The van der Waals surface area contributed by atoms with E-state index >= 15 is 0 Å². The number of halogens is 2. The summed E-state index contributed by atoms with van der Waals surface area (Å²) in [6, 6.07) is 4.32. The van der Waals surface area contributed by atoms with E-state index in [9.17, 15) is 17.2 Å². The second kappa shape index (κ2) is 6.64. The Morgan fingerprint density at radius 3 is 2.60 bits per heavy atom. The van der Waals surface area contributed by atoms with Crippen LogP contribution in [0, 0.1) is 0 Å². The van der Waals surface area contributed by atoms with Gasteiger partial charge in [-0.05, 0) is 43.3 Å². The van der Waals surface area contributed by atoms with E-state index in [1.807, 2.05) is 0 Å². The quantitative estimate of drug-likeness (QED) is 0.737. The number of benzene rings is 1. The molecule has 1 aromatic heterocycles. The van der Waals surface area contributed by atoms with Crippen molar-refractivity contribution in [2.24, 2.45) is 0 Å². The van der Waals surface area contributed by atoms with Crippen molar-refractivity contribution in [1.82, 2.24) is 25.3 Å². The van der Waals surface area contributed by atoms with Crippen molar-refractivity contribution in [2.75, 3.05) is 12.4 Å². The number of H-pyrrole nitrogens is 1. The van der Waals surface area contributed by atoms with Gasteiger partial charge in [-0.25, -0.2) is 21.9 Å². The first-order valence-electron chi connectivity index (χ1n) is 7.76. The number of aromatic nitrogens is 4. The molecule has 0 saturated heterocycles. The molecule has 0 unspecified atom stereocenters. The summed E-state index contributed by atoms with van der Waals surface area (Å²) in [5.74, 6) is -2.39. The Bertz CT molecular complexity index is 831. The van der Waals surface area contributed by atoms with E-state index in [-0.39, 0.29) is 29.6 Å². The van der Waals surface area contributed by atoms with Gasteiger partial charge in [-0.3, -0.25) is 0 Å². The highest BCUT2D eigenvalue weighted by Gasteiger charge is 2.35. The highest BCUT2D eigenvalue weighted by molar-refractivity contribution is 7.89. The lowest BCUT2D eigenvalue weighted by molar-refractivity contribution is -0.0360. The molecular formula is C14H18F2N6O2S. The van der Waals surface area contributed by atoms with Crippen LogP contribution < -0.4 is 10.0 Å². The van der Waals surface area contributed by atoms with Gasteiger partial charge in [0.05, 0.1) is 4.90 Å². The molecule has 1 aliphatic rings. The topological polar surface area (TPSA) is 113 Å². The molecule has 0 amide bonds. The SMILES string of the molecule is CNS(=O)(=O)c1ccc(NC2CCC(F)(F)CC2)c(-c2nn[nH]n2)c1. The summed E-state index contributed by atoms with van der Waals surface area (Å²) in [4.78, 5) is 0.0514. The number of alkyl halides is 2. The predicted molar refractivity (Wildman–Crippen MR) is 86.7 cm³/mol. The Balaban J connectivity index is 1.91. The Labute approximate surface area is 143 Å². The van der Waals surface area contributed by atoms with Gasteiger partial charge in [0.15, 0.2) is 0 Å². The first-order chi connectivity index (χ1) is 11.8. The van der Waals surface area contributed by atoms with Crippen LogP contribution in [-0.4, -0.2) is 48.1 Å². The van der Waals surface area contributed by atoms with Gasteiger partial charge in [-0.15, -0.1) is 10.2 Å². The molecule has 11 heteroatoms. The molecule has 3 rings (SSSR count). The predicted octanol–water partition coefficient (Wildman–Crippen LogP) is 1.76. The lowest BCUT2D eigenvalue weighted by atomic mass is 9.92. The fourth-order valence-electron chi connectivity index (χ4n) is 2.80. The molecule has 25 heavy (non-hydrogen) atoms. The fraction of sp³-hybridized carbons (Fsp3) is 0.500. The van der Waals surface area contributed by atoms with Gasteiger partial charge in [0, 0.05) is 30.1 Å². The zero-order valence-electron chi connectivity index (χ0n) is 13.5. The number of anilines is 1. The highest BCUT2D eigenvalue weighted by atomic mass is 32.2. The normalized spacial score (nSPS) is 18.2. The van der Waals surface area contributed by atoms with E-state index in [1.165, 1.54) is 19.2 Å². The van der Waals surface area contributed by atoms with Crippen molar-refractivity contribution in [2.45, 2.75) is 42.5 Å². The Kier molecular flexibility index (Phi) is 4.69. The third kappa shape index (κ3) is 3.93. The number of aromatic amines is 1. The maximum absolute atomic E-state index is 13.3. The lowest BCUT2D eigenvalue weighted by Crippen LogP contribution is -2.32. The molecule has 0 atom stereocenters. The minimum absolute atomic E-state index is 0.0514. The maximum Gasteiger partial charge on any atom is 0.248 e. The van der Waals surface area contributed by atoms with E-state index in [4.69, 9.17) is 0 Å². The van der Waals surface area contributed by atoms with Crippen molar-refractivity contribution in [3.63, 3.8) is 0 Å². The molecule has 0 aliphatic heterocycles. The summed E-state index contributed by atoms with van der Waals surface area (Å²) in [7, 11) is -2.32. The van der Waals surface area contributed by atoms with Gasteiger partial charge in [-0.2, -0.15) is 5.21 Å². The van der Waals surface area contributed by atoms with Crippen LogP contribution in [0.15, 0.2) is 23.1 Å². The summed E-state index contributed by atoms with van der Waals surface area (Å²) in [6.07, 6.45) is 0.313. The molecule has 1 fully saturated rings. The van der Waals surface area contributed by atoms with Crippen LogP contribution in [0.25, 0.3) is 11.4 Å². The lowest BCUT2D eigenvalue weighted by Gasteiger charge is -2.30. The molecule has 0 radical (unpaired) electrons.